The predicted octanol–water partition coefficient (Wildman–Crippen LogP) is 1.19. The summed E-state index contributed by atoms with van der Waals surface area (Å²) in [6, 6.07) is 5.46. The van der Waals surface area contributed by atoms with Crippen LogP contribution in [0.3, 0.4) is 0 Å². The zero-order valence-corrected chi connectivity index (χ0v) is 18.3. The van der Waals surface area contributed by atoms with Gasteiger partial charge in [-0.3, -0.25) is 4.79 Å². The lowest BCUT2D eigenvalue weighted by molar-refractivity contribution is -0.206. The second-order valence-electron chi connectivity index (χ2n) is 9.61. The van der Waals surface area contributed by atoms with E-state index in [1.165, 1.54) is 7.11 Å². The summed E-state index contributed by atoms with van der Waals surface area (Å²) in [5.41, 5.74) is -2.05. The Balaban J connectivity index is 1.73. The molecule has 1 N–H and O–H groups in total. The molecule has 0 unspecified atom stereocenters. The Morgan fingerprint density at radius 3 is 2.77 bits per heavy atom. The summed E-state index contributed by atoms with van der Waals surface area (Å²) in [5.74, 6) is 0.172. The zero-order chi connectivity index (χ0) is 22.0. The van der Waals surface area contributed by atoms with Gasteiger partial charge in [-0.15, -0.1) is 0 Å². The molecule has 2 spiro atoms. The number of methoxy groups -OCH3 is 2. The predicted molar refractivity (Wildman–Crippen MR) is 110 cm³/mol. The number of ether oxygens (including phenoxy) is 3. The first-order valence-electron chi connectivity index (χ1n) is 11.0. The average molecular weight is 428 g/mol. The van der Waals surface area contributed by atoms with Crippen LogP contribution in [0.25, 0.3) is 0 Å². The summed E-state index contributed by atoms with van der Waals surface area (Å²) in [5, 5.41) is 11.9. The summed E-state index contributed by atoms with van der Waals surface area (Å²) >= 11 is 0. The molecule has 1 aromatic rings. The highest BCUT2D eigenvalue weighted by atomic mass is 16.6. The Labute approximate surface area is 181 Å². The third-order valence-corrected chi connectivity index (χ3v) is 9.18. The quantitative estimate of drug-likeness (QED) is 0.724. The maximum Gasteiger partial charge on any atom is 0.343 e. The first-order valence-corrected chi connectivity index (χ1v) is 11.0. The van der Waals surface area contributed by atoms with Crippen molar-refractivity contribution < 1.29 is 28.9 Å². The van der Waals surface area contributed by atoms with Gasteiger partial charge in [0.05, 0.1) is 31.1 Å². The molecule has 0 saturated carbocycles. The van der Waals surface area contributed by atoms with Crippen molar-refractivity contribution in [3.8, 4) is 5.75 Å². The monoisotopic (exact) mass is 428 g/mol. The van der Waals surface area contributed by atoms with Crippen molar-refractivity contribution in [3.63, 3.8) is 0 Å². The summed E-state index contributed by atoms with van der Waals surface area (Å²) in [4.78, 5) is 30.5. The van der Waals surface area contributed by atoms with Gasteiger partial charge in [0.25, 0.3) is 0 Å². The van der Waals surface area contributed by atoms with Crippen LogP contribution in [0.5, 0.6) is 5.75 Å². The van der Waals surface area contributed by atoms with Crippen molar-refractivity contribution in [2.45, 2.75) is 61.5 Å². The Bertz CT molecular complexity index is 1030. The maximum absolute atomic E-state index is 13.5. The van der Waals surface area contributed by atoms with Gasteiger partial charge in [-0.25, -0.2) is 4.79 Å². The topological polar surface area (TPSA) is 88.5 Å². The first-order chi connectivity index (χ1) is 14.8. The third kappa shape index (κ3) is 1.57. The number of esters is 1. The van der Waals surface area contributed by atoms with E-state index in [2.05, 4.69) is 0 Å². The number of hydrogen-bond acceptors (Lipinski definition) is 7. The van der Waals surface area contributed by atoms with E-state index in [0.29, 0.717) is 32.2 Å². The zero-order valence-electron chi connectivity index (χ0n) is 18.3. The largest absolute Gasteiger partial charge is 0.497 e. The van der Waals surface area contributed by atoms with Crippen LogP contribution < -0.4 is 9.64 Å². The van der Waals surface area contributed by atoms with Crippen molar-refractivity contribution in [1.29, 1.82) is 0 Å². The highest BCUT2D eigenvalue weighted by Crippen LogP contribution is 2.79. The summed E-state index contributed by atoms with van der Waals surface area (Å²) < 4.78 is 17.6. The van der Waals surface area contributed by atoms with E-state index in [0.717, 1.165) is 17.0 Å². The highest BCUT2D eigenvalue weighted by molar-refractivity contribution is 5.91. The number of aliphatic hydroxyl groups excluding tert-OH is 1. The van der Waals surface area contributed by atoms with E-state index in [4.69, 9.17) is 14.2 Å². The maximum atomic E-state index is 13.5. The number of anilines is 1. The molecule has 4 saturated heterocycles. The lowest BCUT2D eigenvalue weighted by atomic mass is 9.48. The number of benzene rings is 1. The minimum Gasteiger partial charge on any atom is -0.497 e. The molecule has 0 aliphatic carbocycles. The lowest BCUT2D eigenvalue weighted by Crippen LogP contribution is -2.76. The number of aliphatic hydroxyl groups is 1. The molecule has 5 aliphatic heterocycles. The number of nitrogens with zero attached hydrogens (tertiary/aromatic N) is 2. The van der Waals surface area contributed by atoms with Gasteiger partial charge in [0.2, 0.25) is 11.5 Å². The van der Waals surface area contributed by atoms with E-state index in [9.17, 15) is 14.7 Å². The molecule has 1 aromatic carbocycles. The van der Waals surface area contributed by atoms with Crippen LogP contribution in [-0.2, 0) is 24.5 Å². The number of rotatable bonds is 3. The minimum absolute atomic E-state index is 0.0269. The van der Waals surface area contributed by atoms with Gasteiger partial charge in [0, 0.05) is 31.8 Å². The molecule has 5 aliphatic rings. The molecule has 1 amide bonds. The van der Waals surface area contributed by atoms with E-state index in [1.54, 1.807) is 7.11 Å². The lowest BCUT2D eigenvalue weighted by Gasteiger charge is -2.59. The van der Waals surface area contributed by atoms with Crippen LogP contribution in [-0.4, -0.2) is 73.2 Å². The Morgan fingerprint density at radius 2 is 2.10 bits per heavy atom. The van der Waals surface area contributed by atoms with Gasteiger partial charge in [-0.05, 0) is 30.9 Å². The van der Waals surface area contributed by atoms with Gasteiger partial charge in [0.15, 0.2) is 5.72 Å². The number of carbonyl (C=O) groups excluding carboxylic acids is 2. The van der Waals surface area contributed by atoms with Crippen LogP contribution in [0, 0.1) is 5.41 Å². The summed E-state index contributed by atoms with van der Waals surface area (Å²) in [6.07, 6.45) is 1.06. The van der Waals surface area contributed by atoms with Crippen LogP contribution in [0.4, 0.5) is 5.69 Å². The number of likely N-dealkylation sites (N-methyl/N-ethyl adjacent to an activating group) is 1. The fourth-order valence-corrected chi connectivity index (χ4v) is 8.24. The highest BCUT2D eigenvalue weighted by Gasteiger charge is 2.95. The molecule has 8 heteroatoms. The molecule has 2 bridgehead atoms. The SMILES string of the molecule is CC[C@@]12CCN3C(=O)CC[C@]45c6ccc(OC)cc6N(C)[C@H]4[C@](C(=O)OC)(O[C@@]315)[C@H]2O. The number of amides is 1. The second kappa shape index (κ2) is 5.53. The normalized spacial score (nSPS) is 43.7. The molecule has 0 radical (unpaired) electrons. The number of hydrogen-bond donors (Lipinski definition) is 1. The van der Waals surface area contributed by atoms with Gasteiger partial charge >= 0.3 is 5.97 Å². The van der Waals surface area contributed by atoms with Crippen LogP contribution in [0.2, 0.25) is 0 Å². The third-order valence-electron chi connectivity index (χ3n) is 9.18. The Hall–Kier alpha value is -2.32. The first kappa shape index (κ1) is 19.4. The fraction of sp³-hybridized carbons (Fsp3) is 0.652. The molecular formula is C23H28N2O6. The standard InChI is InChI=1S/C23H28N2O6/c1-5-20-10-11-25-16(26)8-9-21-14-7-6-13(29-3)12-15(14)24(2)17(21)22(18(20)27,19(28)30-4)31-23(20,21)25/h6-7,12,17-18,27H,5,8-11H2,1-4H3/t17-,18+,20+,21+,22+,23+/m1/s1. The summed E-state index contributed by atoms with van der Waals surface area (Å²) in [7, 11) is 4.89. The second-order valence-corrected chi connectivity index (χ2v) is 9.61. The molecule has 5 heterocycles. The molecule has 8 nitrogen and oxygen atoms in total. The van der Waals surface area contributed by atoms with E-state index >= 15 is 0 Å². The van der Waals surface area contributed by atoms with E-state index < -0.39 is 40.3 Å². The number of carbonyl (C=O) groups is 2. The molecule has 31 heavy (non-hydrogen) atoms. The van der Waals surface area contributed by atoms with Crippen LogP contribution in [0.15, 0.2) is 18.2 Å². The van der Waals surface area contributed by atoms with Crippen molar-refractivity contribution in [1.82, 2.24) is 4.90 Å². The van der Waals surface area contributed by atoms with Crippen molar-refractivity contribution in [2.75, 3.05) is 32.7 Å². The average Bonchev–Trinajstić information content (AvgIpc) is 3.43. The van der Waals surface area contributed by atoms with Gasteiger partial charge < -0.3 is 29.1 Å². The fourth-order valence-electron chi connectivity index (χ4n) is 8.24. The number of fused-ring (bicyclic) bond motifs is 3. The molecule has 0 aromatic heterocycles. The number of piperidine rings is 1. The minimum atomic E-state index is -1.57. The van der Waals surface area contributed by atoms with Gasteiger partial charge in [-0.2, -0.15) is 0 Å². The van der Waals surface area contributed by atoms with Crippen LogP contribution >= 0.6 is 0 Å². The van der Waals surface area contributed by atoms with Crippen LogP contribution in [0.1, 0.15) is 38.2 Å². The van der Waals surface area contributed by atoms with Gasteiger partial charge in [-0.1, -0.05) is 13.0 Å². The van der Waals surface area contributed by atoms with Crippen molar-refractivity contribution in [2.24, 2.45) is 5.41 Å². The molecule has 6 rings (SSSR count). The molecular weight excluding hydrogens is 400 g/mol. The van der Waals surface area contributed by atoms with Crippen molar-refractivity contribution in [3.05, 3.63) is 23.8 Å². The Kier molecular flexibility index (Phi) is 3.46. The van der Waals surface area contributed by atoms with E-state index in [-0.39, 0.29) is 5.91 Å². The van der Waals surface area contributed by atoms with Crippen molar-refractivity contribution >= 4 is 17.6 Å². The van der Waals surface area contributed by atoms with E-state index in [1.807, 2.05) is 42.0 Å². The summed E-state index contributed by atoms with van der Waals surface area (Å²) in [6.45, 7) is 2.54. The molecule has 4 fully saturated rings. The molecule has 166 valence electrons. The smallest absolute Gasteiger partial charge is 0.343 e. The molecule has 6 atom stereocenters. The van der Waals surface area contributed by atoms with Gasteiger partial charge in [0.1, 0.15) is 11.9 Å². The Morgan fingerprint density at radius 1 is 1.32 bits per heavy atom.